The topological polar surface area (TPSA) is 31.9 Å². The Morgan fingerprint density at radius 3 is 3.08 bits per heavy atom. The number of hydrogen-bond donors (Lipinski definition) is 1. The molecule has 0 amide bonds. The fourth-order valence-corrected chi connectivity index (χ4v) is 0.885. The highest BCUT2D eigenvalue weighted by Gasteiger charge is 2.06. The van der Waals surface area contributed by atoms with Crippen molar-refractivity contribution >= 4 is 0 Å². The van der Waals surface area contributed by atoms with Crippen molar-refractivity contribution in [3.8, 4) is 12.3 Å². The van der Waals surface area contributed by atoms with E-state index in [9.17, 15) is 0 Å². The summed E-state index contributed by atoms with van der Waals surface area (Å²) in [4.78, 5) is 9.19. The van der Waals surface area contributed by atoms with E-state index in [1.165, 1.54) is 0 Å². The molecular formula is C9H13N3. The first-order valence-corrected chi connectivity index (χ1v) is 3.88. The second-order valence-electron chi connectivity index (χ2n) is 2.79. The molecule has 3 nitrogen and oxygen atoms in total. The lowest BCUT2D eigenvalue weighted by atomic mass is 10.3. The molecule has 0 aliphatic carbocycles. The van der Waals surface area contributed by atoms with E-state index in [1.807, 2.05) is 20.2 Å². The zero-order valence-corrected chi connectivity index (χ0v) is 7.41. The monoisotopic (exact) mass is 163 g/mol. The molecule has 12 heavy (non-hydrogen) atoms. The number of nitrogens with one attached hydrogen (secondary N) is 1. The molecule has 3 heteroatoms. The summed E-state index contributed by atoms with van der Waals surface area (Å²) in [6.07, 6.45) is 8.83. The van der Waals surface area contributed by atoms with Crippen LogP contribution in [0.15, 0.2) is 12.4 Å². The standard InChI is InChI=1S/C9H13N3/c1-4-8(2)12(3)7-9-10-5-6-11-9/h1,5-6,8H,7H2,2-3H3,(H,10,11). The number of terminal acetylenes is 1. The maximum Gasteiger partial charge on any atom is 0.120 e. The number of rotatable bonds is 3. The quantitative estimate of drug-likeness (QED) is 0.670. The molecule has 0 fully saturated rings. The third-order valence-electron chi connectivity index (χ3n) is 1.86. The number of hydrogen-bond acceptors (Lipinski definition) is 2. The van der Waals surface area contributed by atoms with Crippen LogP contribution in [0.3, 0.4) is 0 Å². The van der Waals surface area contributed by atoms with Gasteiger partial charge >= 0.3 is 0 Å². The molecule has 1 N–H and O–H groups in total. The summed E-state index contributed by atoms with van der Waals surface area (Å²) in [7, 11) is 1.98. The van der Waals surface area contributed by atoms with Gasteiger partial charge in [-0.3, -0.25) is 4.90 Å². The van der Waals surface area contributed by atoms with Gasteiger partial charge in [0, 0.05) is 12.4 Å². The van der Waals surface area contributed by atoms with Crippen molar-refractivity contribution in [1.82, 2.24) is 14.9 Å². The number of H-pyrrole nitrogens is 1. The molecule has 0 saturated carbocycles. The zero-order valence-electron chi connectivity index (χ0n) is 7.41. The molecule has 0 aliphatic heterocycles. The zero-order chi connectivity index (χ0) is 8.97. The largest absolute Gasteiger partial charge is 0.348 e. The predicted octanol–water partition coefficient (Wildman–Crippen LogP) is 0.863. The molecule has 1 unspecified atom stereocenters. The Hall–Kier alpha value is -1.27. The van der Waals surface area contributed by atoms with E-state index in [-0.39, 0.29) is 6.04 Å². The summed E-state index contributed by atoms with van der Waals surface area (Å²) < 4.78 is 0. The van der Waals surface area contributed by atoms with Crippen molar-refractivity contribution < 1.29 is 0 Å². The maximum atomic E-state index is 5.28. The van der Waals surface area contributed by atoms with E-state index in [0.717, 1.165) is 12.4 Å². The van der Waals surface area contributed by atoms with Gasteiger partial charge in [-0.15, -0.1) is 6.42 Å². The Labute approximate surface area is 72.8 Å². The van der Waals surface area contributed by atoms with E-state index < -0.39 is 0 Å². The minimum Gasteiger partial charge on any atom is -0.348 e. The van der Waals surface area contributed by atoms with Gasteiger partial charge in [-0.1, -0.05) is 5.92 Å². The van der Waals surface area contributed by atoms with Crippen LogP contribution in [0.25, 0.3) is 0 Å². The van der Waals surface area contributed by atoms with E-state index in [1.54, 1.807) is 6.20 Å². The summed E-state index contributed by atoms with van der Waals surface area (Å²) in [5, 5.41) is 0. The third-order valence-corrected chi connectivity index (χ3v) is 1.86. The van der Waals surface area contributed by atoms with Gasteiger partial charge in [0.25, 0.3) is 0 Å². The van der Waals surface area contributed by atoms with E-state index in [0.29, 0.717) is 0 Å². The number of nitrogens with zero attached hydrogens (tertiary/aromatic N) is 2. The molecule has 0 radical (unpaired) electrons. The Morgan fingerprint density at radius 1 is 1.83 bits per heavy atom. The number of aromatic nitrogens is 2. The second kappa shape index (κ2) is 3.93. The smallest absolute Gasteiger partial charge is 0.120 e. The average molecular weight is 163 g/mol. The molecule has 0 aliphatic rings. The lowest BCUT2D eigenvalue weighted by Crippen LogP contribution is -2.27. The molecule has 1 atom stereocenters. The van der Waals surface area contributed by atoms with Crippen LogP contribution in [0.1, 0.15) is 12.7 Å². The van der Waals surface area contributed by atoms with Crippen molar-refractivity contribution in [1.29, 1.82) is 0 Å². The Bertz CT molecular complexity index is 258. The van der Waals surface area contributed by atoms with Gasteiger partial charge in [-0.2, -0.15) is 0 Å². The van der Waals surface area contributed by atoms with Gasteiger partial charge in [0.2, 0.25) is 0 Å². The lowest BCUT2D eigenvalue weighted by molar-refractivity contribution is 0.290. The van der Waals surface area contributed by atoms with Crippen LogP contribution in [-0.2, 0) is 6.54 Å². The van der Waals surface area contributed by atoms with Crippen molar-refractivity contribution in [3.05, 3.63) is 18.2 Å². The van der Waals surface area contributed by atoms with Crippen molar-refractivity contribution in [2.45, 2.75) is 19.5 Å². The Kier molecular flexibility index (Phi) is 2.89. The molecule has 1 rings (SSSR count). The highest BCUT2D eigenvalue weighted by atomic mass is 15.1. The molecule has 0 bridgehead atoms. The van der Waals surface area contributed by atoms with Crippen LogP contribution in [-0.4, -0.2) is 28.0 Å². The first kappa shape index (κ1) is 8.82. The highest BCUT2D eigenvalue weighted by molar-refractivity contribution is 4.98. The second-order valence-corrected chi connectivity index (χ2v) is 2.79. The van der Waals surface area contributed by atoms with Crippen LogP contribution in [0.4, 0.5) is 0 Å². The van der Waals surface area contributed by atoms with Crippen LogP contribution < -0.4 is 0 Å². The normalized spacial score (nSPS) is 12.8. The minimum absolute atomic E-state index is 0.148. The molecular weight excluding hydrogens is 150 g/mol. The van der Waals surface area contributed by atoms with Gasteiger partial charge in [-0.25, -0.2) is 4.98 Å². The minimum atomic E-state index is 0.148. The van der Waals surface area contributed by atoms with Gasteiger partial charge in [0.05, 0.1) is 12.6 Å². The van der Waals surface area contributed by atoms with Crippen molar-refractivity contribution in [2.24, 2.45) is 0 Å². The first-order chi connectivity index (χ1) is 5.74. The molecule has 1 aromatic heterocycles. The molecule has 64 valence electrons. The van der Waals surface area contributed by atoms with Crippen LogP contribution >= 0.6 is 0 Å². The summed E-state index contributed by atoms with van der Waals surface area (Å²) >= 11 is 0. The molecule has 1 heterocycles. The van der Waals surface area contributed by atoms with Gasteiger partial charge in [0.15, 0.2) is 0 Å². The predicted molar refractivity (Wildman–Crippen MR) is 48.3 cm³/mol. The van der Waals surface area contributed by atoms with Crippen molar-refractivity contribution in [2.75, 3.05) is 7.05 Å². The van der Waals surface area contributed by atoms with Crippen LogP contribution in [0, 0.1) is 12.3 Å². The first-order valence-electron chi connectivity index (χ1n) is 3.88. The SMILES string of the molecule is C#CC(C)N(C)Cc1ncc[nH]1. The van der Waals surface area contributed by atoms with Gasteiger partial charge in [0.1, 0.15) is 5.82 Å². The molecule has 0 spiro atoms. The lowest BCUT2D eigenvalue weighted by Gasteiger charge is -2.18. The van der Waals surface area contributed by atoms with E-state index >= 15 is 0 Å². The summed E-state index contributed by atoms with van der Waals surface area (Å²) in [5.41, 5.74) is 0. The van der Waals surface area contributed by atoms with Gasteiger partial charge in [-0.05, 0) is 14.0 Å². The average Bonchev–Trinajstić information content (AvgIpc) is 2.55. The van der Waals surface area contributed by atoms with Gasteiger partial charge < -0.3 is 4.98 Å². The Balaban J connectivity index is 2.48. The van der Waals surface area contributed by atoms with Crippen LogP contribution in [0.2, 0.25) is 0 Å². The summed E-state index contributed by atoms with van der Waals surface area (Å²) in [5.74, 6) is 3.61. The number of aromatic amines is 1. The fourth-order valence-electron chi connectivity index (χ4n) is 0.885. The third kappa shape index (κ3) is 2.11. The summed E-state index contributed by atoms with van der Waals surface area (Å²) in [6.45, 7) is 2.75. The molecule has 0 saturated heterocycles. The van der Waals surface area contributed by atoms with E-state index in [2.05, 4.69) is 20.8 Å². The maximum absolute atomic E-state index is 5.28. The summed E-state index contributed by atoms with van der Waals surface area (Å²) in [6, 6.07) is 0.148. The van der Waals surface area contributed by atoms with Crippen molar-refractivity contribution in [3.63, 3.8) is 0 Å². The van der Waals surface area contributed by atoms with E-state index in [4.69, 9.17) is 6.42 Å². The highest BCUT2D eigenvalue weighted by Crippen LogP contribution is 1.99. The van der Waals surface area contributed by atoms with Crippen LogP contribution in [0.5, 0.6) is 0 Å². The Morgan fingerprint density at radius 2 is 2.58 bits per heavy atom. The number of imidazole rings is 1. The molecule has 0 aromatic carbocycles. The molecule has 1 aromatic rings. The fraction of sp³-hybridized carbons (Fsp3) is 0.444.